The first-order chi connectivity index (χ1) is 13.7. The van der Waals surface area contributed by atoms with Gasteiger partial charge in [-0.3, -0.25) is 4.79 Å². The predicted molar refractivity (Wildman–Crippen MR) is 117 cm³/mol. The molecule has 29 heavy (non-hydrogen) atoms. The van der Waals surface area contributed by atoms with Crippen molar-refractivity contribution in [3.63, 3.8) is 0 Å². The highest BCUT2D eigenvalue weighted by molar-refractivity contribution is 6.01. The van der Waals surface area contributed by atoms with E-state index in [9.17, 15) is 9.59 Å². The molecule has 5 rings (SSSR count). The number of amides is 1. The molecule has 2 aliphatic rings. The van der Waals surface area contributed by atoms with Crippen LogP contribution >= 0.6 is 12.4 Å². The molecule has 8 heteroatoms. The van der Waals surface area contributed by atoms with Crippen molar-refractivity contribution < 1.29 is 4.79 Å². The topological polar surface area (TPSA) is 93.0 Å². The second-order valence-corrected chi connectivity index (χ2v) is 7.58. The monoisotopic (exact) mass is 413 g/mol. The van der Waals surface area contributed by atoms with Crippen molar-refractivity contribution in [1.82, 2.24) is 15.3 Å². The summed E-state index contributed by atoms with van der Waals surface area (Å²) in [4.78, 5) is 32.6. The lowest BCUT2D eigenvalue weighted by molar-refractivity contribution is -0.118. The number of carbonyl (C=O) groups excluding carboxylic acids is 1. The Morgan fingerprint density at radius 1 is 1.03 bits per heavy atom. The van der Waals surface area contributed by atoms with Crippen LogP contribution in [0, 0.1) is 0 Å². The maximum absolute atomic E-state index is 13.0. The zero-order valence-electron chi connectivity index (χ0n) is 16.0. The first-order valence-electron chi connectivity index (χ1n) is 9.79. The fourth-order valence-corrected chi connectivity index (χ4v) is 4.25. The summed E-state index contributed by atoms with van der Waals surface area (Å²) in [6.45, 7) is 2.60. The van der Waals surface area contributed by atoms with Gasteiger partial charge in [-0.1, -0.05) is 24.3 Å². The number of halogens is 1. The second kappa shape index (κ2) is 7.93. The SMILES string of the molecule is Cl.O=C(Nc1cc2[nH]c(=O)[nH]c2cc1N1CCCC1)[C@H]1Cc2ccccc2CN1. The minimum atomic E-state index is -0.276. The van der Waals surface area contributed by atoms with E-state index < -0.39 is 0 Å². The number of carbonyl (C=O) groups is 1. The summed E-state index contributed by atoms with van der Waals surface area (Å²) in [5, 5.41) is 6.45. The molecule has 2 aromatic carbocycles. The molecule has 3 aromatic rings. The van der Waals surface area contributed by atoms with Gasteiger partial charge in [-0.05, 0) is 42.5 Å². The summed E-state index contributed by atoms with van der Waals surface area (Å²) >= 11 is 0. The Bertz CT molecular complexity index is 1100. The van der Waals surface area contributed by atoms with Crippen LogP contribution in [0.3, 0.4) is 0 Å². The van der Waals surface area contributed by atoms with Crippen molar-refractivity contribution in [2.45, 2.75) is 31.8 Å². The predicted octanol–water partition coefficient (Wildman–Crippen LogP) is 2.53. The van der Waals surface area contributed by atoms with Gasteiger partial charge in [-0.15, -0.1) is 12.4 Å². The van der Waals surface area contributed by atoms with E-state index in [4.69, 9.17) is 0 Å². The van der Waals surface area contributed by atoms with Gasteiger partial charge in [0, 0.05) is 19.6 Å². The molecule has 1 saturated heterocycles. The Hall–Kier alpha value is -2.77. The maximum atomic E-state index is 13.0. The number of imidazole rings is 1. The molecule has 152 valence electrons. The summed E-state index contributed by atoms with van der Waals surface area (Å²) in [7, 11) is 0. The minimum Gasteiger partial charge on any atom is -0.370 e. The average molecular weight is 414 g/mol. The van der Waals surface area contributed by atoms with Crippen LogP contribution in [0.1, 0.15) is 24.0 Å². The Kier molecular flexibility index (Phi) is 5.34. The molecule has 0 saturated carbocycles. The maximum Gasteiger partial charge on any atom is 0.323 e. The normalized spacial score (nSPS) is 18.3. The highest BCUT2D eigenvalue weighted by Crippen LogP contribution is 2.32. The van der Waals surface area contributed by atoms with Crippen LogP contribution in [0.25, 0.3) is 11.0 Å². The van der Waals surface area contributed by atoms with E-state index in [2.05, 4.69) is 37.6 Å². The van der Waals surface area contributed by atoms with Gasteiger partial charge in [0.25, 0.3) is 0 Å². The van der Waals surface area contributed by atoms with Crippen molar-refractivity contribution in [1.29, 1.82) is 0 Å². The number of fused-ring (bicyclic) bond motifs is 2. The summed E-state index contributed by atoms with van der Waals surface area (Å²) in [5.74, 6) is -0.0489. The van der Waals surface area contributed by atoms with Gasteiger partial charge in [-0.25, -0.2) is 4.79 Å². The van der Waals surface area contributed by atoms with Gasteiger partial charge >= 0.3 is 5.69 Å². The molecule has 0 aliphatic carbocycles. The molecule has 1 fully saturated rings. The van der Waals surface area contributed by atoms with Crippen LogP contribution in [-0.2, 0) is 17.8 Å². The zero-order chi connectivity index (χ0) is 19.1. The highest BCUT2D eigenvalue weighted by atomic mass is 35.5. The summed E-state index contributed by atoms with van der Waals surface area (Å²) < 4.78 is 0. The molecule has 0 bridgehead atoms. The Balaban J connectivity index is 0.00000205. The third kappa shape index (κ3) is 3.75. The van der Waals surface area contributed by atoms with E-state index in [0.29, 0.717) is 18.5 Å². The number of hydrogen-bond donors (Lipinski definition) is 4. The molecule has 0 radical (unpaired) electrons. The van der Waals surface area contributed by atoms with E-state index in [0.717, 1.165) is 42.8 Å². The highest BCUT2D eigenvalue weighted by Gasteiger charge is 2.26. The lowest BCUT2D eigenvalue weighted by Gasteiger charge is -2.27. The molecule has 1 atom stereocenters. The standard InChI is InChI=1S/C21H23N5O2.ClH/c27-20(18-9-13-5-1-2-6-14(13)12-22-18)23-17-10-15-16(25-21(28)24-15)11-19(17)26-7-3-4-8-26;/h1-2,5-6,10-11,18,22H,3-4,7-9,12H2,(H,23,27)(H2,24,25,28);1H/t18-;/m1./s1. The molecule has 0 unspecified atom stereocenters. The number of nitrogens with zero attached hydrogens (tertiary/aromatic N) is 1. The summed E-state index contributed by atoms with van der Waals surface area (Å²) in [5.41, 5.74) is 5.39. The minimum absolute atomic E-state index is 0. The first-order valence-corrected chi connectivity index (χ1v) is 9.79. The molecular weight excluding hydrogens is 390 g/mol. The largest absolute Gasteiger partial charge is 0.370 e. The van der Waals surface area contributed by atoms with E-state index in [1.807, 2.05) is 24.3 Å². The van der Waals surface area contributed by atoms with Crippen LogP contribution in [0.2, 0.25) is 0 Å². The molecular formula is C21H24ClN5O2. The van der Waals surface area contributed by atoms with Crippen LogP contribution in [0.4, 0.5) is 11.4 Å². The van der Waals surface area contributed by atoms with Crippen molar-refractivity contribution in [3.05, 3.63) is 58.0 Å². The number of hydrogen-bond acceptors (Lipinski definition) is 4. The number of aromatic nitrogens is 2. The van der Waals surface area contributed by atoms with Gasteiger partial charge in [0.1, 0.15) is 0 Å². The number of rotatable bonds is 3. The molecule has 0 spiro atoms. The third-order valence-electron chi connectivity index (χ3n) is 5.73. The van der Waals surface area contributed by atoms with E-state index >= 15 is 0 Å². The van der Waals surface area contributed by atoms with Crippen molar-refractivity contribution in [3.8, 4) is 0 Å². The molecule has 4 N–H and O–H groups in total. The fourth-order valence-electron chi connectivity index (χ4n) is 4.25. The first kappa shape index (κ1) is 19.5. The summed E-state index contributed by atoms with van der Waals surface area (Å²) in [6.07, 6.45) is 2.94. The van der Waals surface area contributed by atoms with Crippen molar-refractivity contribution >= 4 is 40.7 Å². The number of anilines is 2. The van der Waals surface area contributed by atoms with Gasteiger partial charge in [0.15, 0.2) is 0 Å². The number of benzene rings is 2. The molecule has 3 heterocycles. The van der Waals surface area contributed by atoms with Crippen LogP contribution in [-0.4, -0.2) is 35.0 Å². The average Bonchev–Trinajstić information content (AvgIpc) is 3.35. The summed E-state index contributed by atoms with van der Waals surface area (Å²) in [6, 6.07) is 11.8. The van der Waals surface area contributed by atoms with Crippen LogP contribution in [0.15, 0.2) is 41.2 Å². The van der Waals surface area contributed by atoms with Crippen LogP contribution < -0.4 is 21.2 Å². The number of H-pyrrole nitrogens is 2. The third-order valence-corrected chi connectivity index (χ3v) is 5.73. The second-order valence-electron chi connectivity index (χ2n) is 7.58. The lowest BCUT2D eigenvalue weighted by Crippen LogP contribution is -2.44. The fraction of sp³-hybridized carbons (Fsp3) is 0.333. The Labute approximate surface area is 174 Å². The van der Waals surface area contributed by atoms with Crippen molar-refractivity contribution in [2.24, 2.45) is 0 Å². The van der Waals surface area contributed by atoms with Gasteiger partial charge < -0.3 is 25.5 Å². The molecule has 7 nitrogen and oxygen atoms in total. The number of aromatic amines is 2. The van der Waals surface area contributed by atoms with E-state index in [-0.39, 0.29) is 30.0 Å². The van der Waals surface area contributed by atoms with Gasteiger partial charge in [-0.2, -0.15) is 0 Å². The quantitative estimate of drug-likeness (QED) is 0.531. The van der Waals surface area contributed by atoms with Crippen molar-refractivity contribution in [2.75, 3.05) is 23.3 Å². The zero-order valence-corrected chi connectivity index (χ0v) is 16.8. The van der Waals surface area contributed by atoms with Gasteiger partial charge in [0.05, 0.1) is 28.5 Å². The molecule has 1 amide bonds. The lowest BCUT2D eigenvalue weighted by atomic mass is 9.95. The van der Waals surface area contributed by atoms with E-state index in [1.165, 1.54) is 11.1 Å². The van der Waals surface area contributed by atoms with E-state index in [1.54, 1.807) is 0 Å². The molecule has 1 aromatic heterocycles. The smallest absolute Gasteiger partial charge is 0.323 e. The molecule has 2 aliphatic heterocycles. The van der Waals surface area contributed by atoms with Gasteiger partial charge in [0.2, 0.25) is 5.91 Å². The Morgan fingerprint density at radius 3 is 2.48 bits per heavy atom. The van der Waals surface area contributed by atoms with Crippen LogP contribution in [0.5, 0.6) is 0 Å². The Morgan fingerprint density at radius 2 is 1.72 bits per heavy atom. The number of nitrogens with one attached hydrogen (secondary N) is 4.